The van der Waals surface area contributed by atoms with Crippen molar-refractivity contribution in [3.8, 4) is 17.1 Å². The molecule has 1 aromatic heterocycles. The third-order valence-corrected chi connectivity index (χ3v) is 3.91. The zero-order chi connectivity index (χ0) is 12.4. The Hall–Kier alpha value is -1.20. The second-order valence-corrected chi connectivity index (χ2v) is 4.74. The molecular formula is C12H11BrN2OS. The fraction of sp³-hybridized carbons (Fsp3) is 0.167. The first-order valence-corrected chi connectivity index (χ1v) is 6.23. The van der Waals surface area contributed by atoms with Gasteiger partial charge in [-0.15, -0.1) is 0 Å². The third-order valence-electron chi connectivity index (χ3n) is 2.38. The van der Waals surface area contributed by atoms with Gasteiger partial charge in [-0.2, -0.15) is 0 Å². The number of methoxy groups -OCH3 is 1. The Morgan fingerprint density at radius 2 is 2.18 bits per heavy atom. The zero-order valence-corrected chi connectivity index (χ0v) is 11.9. The van der Waals surface area contributed by atoms with Gasteiger partial charge in [-0.05, 0) is 35.0 Å². The molecule has 88 valence electrons. The molecule has 0 aliphatic rings. The number of ether oxygens (including phenoxy) is 1. The van der Waals surface area contributed by atoms with Crippen molar-refractivity contribution < 1.29 is 4.74 Å². The molecule has 2 aromatic rings. The lowest BCUT2D eigenvalue weighted by atomic mass is 10.2. The van der Waals surface area contributed by atoms with E-state index in [1.165, 1.54) is 0 Å². The van der Waals surface area contributed by atoms with Crippen LogP contribution in [0.4, 0.5) is 0 Å². The van der Waals surface area contributed by atoms with E-state index in [4.69, 9.17) is 17.0 Å². The van der Waals surface area contributed by atoms with Crippen LogP contribution in [0.3, 0.4) is 0 Å². The predicted molar refractivity (Wildman–Crippen MR) is 73.8 cm³/mol. The van der Waals surface area contributed by atoms with E-state index in [-0.39, 0.29) is 0 Å². The Morgan fingerprint density at radius 1 is 1.41 bits per heavy atom. The van der Waals surface area contributed by atoms with Gasteiger partial charge in [0.05, 0.1) is 11.6 Å². The van der Waals surface area contributed by atoms with E-state index in [9.17, 15) is 0 Å². The van der Waals surface area contributed by atoms with Crippen LogP contribution in [-0.4, -0.2) is 17.1 Å². The van der Waals surface area contributed by atoms with Gasteiger partial charge in [0.25, 0.3) is 0 Å². The van der Waals surface area contributed by atoms with Crippen LogP contribution < -0.4 is 4.74 Å². The van der Waals surface area contributed by atoms with Gasteiger partial charge >= 0.3 is 0 Å². The highest BCUT2D eigenvalue weighted by atomic mass is 79.9. The summed E-state index contributed by atoms with van der Waals surface area (Å²) in [6.07, 6.45) is 0. The number of aromatic amines is 1. The van der Waals surface area contributed by atoms with Crippen molar-refractivity contribution in [2.24, 2.45) is 0 Å². The smallest absolute Gasteiger partial charge is 0.144 e. The number of nitrogens with one attached hydrogen (secondary N) is 1. The Labute approximate surface area is 113 Å². The van der Waals surface area contributed by atoms with Crippen molar-refractivity contribution in [1.29, 1.82) is 0 Å². The van der Waals surface area contributed by atoms with Crippen molar-refractivity contribution in [3.63, 3.8) is 0 Å². The highest BCUT2D eigenvalue weighted by molar-refractivity contribution is 9.10. The van der Waals surface area contributed by atoms with Crippen LogP contribution in [-0.2, 0) is 0 Å². The number of rotatable bonds is 2. The van der Waals surface area contributed by atoms with Crippen molar-refractivity contribution >= 4 is 28.1 Å². The fourth-order valence-corrected chi connectivity index (χ4v) is 1.91. The molecule has 0 amide bonds. The highest BCUT2D eigenvalue weighted by Crippen LogP contribution is 2.23. The first kappa shape index (κ1) is 12.3. The van der Waals surface area contributed by atoms with E-state index < -0.39 is 0 Å². The first-order valence-electron chi connectivity index (χ1n) is 5.02. The number of hydrogen-bond donors (Lipinski definition) is 1. The molecule has 0 saturated heterocycles. The van der Waals surface area contributed by atoms with Gasteiger partial charge in [-0.3, -0.25) is 0 Å². The minimum Gasteiger partial charge on any atom is -0.497 e. The molecule has 0 unspecified atom stereocenters. The minimum absolute atomic E-state index is 0.555. The molecule has 1 aromatic carbocycles. The number of H-pyrrole nitrogens is 1. The lowest BCUT2D eigenvalue weighted by Gasteiger charge is -2.06. The van der Waals surface area contributed by atoms with Gasteiger partial charge in [0.2, 0.25) is 0 Å². The molecule has 0 spiro atoms. The second-order valence-electron chi connectivity index (χ2n) is 3.56. The SMILES string of the molecule is COc1cccc(-c2nc(=S)c(Br)c(C)[nH]2)c1. The summed E-state index contributed by atoms with van der Waals surface area (Å²) in [5, 5.41) is 0. The summed E-state index contributed by atoms with van der Waals surface area (Å²) >= 11 is 8.57. The molecule has 1 heterocycles. The predicted octanol–water partition coefficient (Wildman–Crippen LogP) is 3.89. The van der Waals surface area contributed by atoms with E-state index in [0.29, 0.717) is 4.64 Å². The molecule has 0 radical (unpaired) electrons. The van der Waals surface area contributed by atoms with Gasteiger partial charge in [0.15, 0.2) is 0 Å². The van der Waals surface area contributed by atoms with Crippen LogP contribution in [0.1, 0.15) is 5.69 Å². The quantitative estimate of drug-likeness (QED) is 0.855. The summed E-state index contributed by atoms with van der Waals surface area (Å²) in [5.74, 6) is 1.54. The second kappa shape index (κ2) is 4.98. The Balaban J connectivity index is 2.56. The number of nitrogens with zero attached hydrogens (tertiary/aromatic N) is 1. The zero-order valence-electron chi connectivity index (χ0n) is 9.45. The van der Waals surface area contributed by atoms with E-state index in [1.54, 1.807) is 7.11 Å². The molecule has 3 nitrogen and oxygen atoms in total. The number of aromatic nitrogens is 2. The molecule has 5 heteroatoms. The molecule has 1 N–H and O–H groups in total. The van der Waals surface area contributed by atoms with E-state index in [2.05, 4.69) is 25.9 Å². The molecule has 0 saturated carbocycles. The fourth-order valence-electron chi connectivity index (χ4n) is 1.48. The largest absolute Gasteiger partial charge is 0.497 e. The molecule has 17 heavy (non-hydrogen) atoms. The molecule has 0 bridgehead atoms. The molecular weight excluding hydrogens is 300 g/mol. The minimum atomic E-state index is 0.555. The highest BCUT2D eigenvalue weighted by Gasteiger charge is 2.05. The van der Waals surface area contributed by atoms with E-state index >= 15 is 0 Å². The molecule has 0 aliphatic heterocycles. The average Bonchev–Trinajstić information content (AvgIpc) is 2.35. The van der Waals surface area contributed by atoms with Crippen molar-refractivity contribution in [3.05, 3.63) is 39.1 Å². The van der Waals surface area contributed by atoms with Crippen LogP contribution in [0.2, 0.25) is 0 Å². The molecule has 2 rings (SSSR count). The number of hydrogen-bond acceptors (Lipinski definition) is 3. The molecule has 0 fully saturated rings. The maximum absolute atomic E-state index is 5.18. The monoisotopic (exact) mass is 310 g/mol. The maximum Gasteiger partial charge on any atom is 0.144 e. The molecule has 0 aliphatic carbocycles. The third kappa shape index (κ3) is 2.56. The number of benzene rings is 1. The summed E-state index contributed by atoms with van der Waals surface area (Å²) in [6, 6.07) is 7.69. The van der Waals surface area contributed by atoms with Crippen molar-refractivity contribution in [2.75, 3.05) is 7.11 Å². The van der Waals surface area contributed by atoms with Crippen LogP contribution in [0, 0.1) is 11.6 Å². The lowest BCUT2D eigenvalue weighted by Crippen LogP contribution is -1.94. The topological polar surface area (TPSA) is 37.9 Å². The number of halogens is 1. The Kier molecular flexibility index (Phi) is 3.59. The summed E-state index contributed by atoms with van der Waals surface area (Å²) in [6.45, 7) is 1.95. The van der Waals surface area contributed by atoms with Crippen LogP contribution in [0.15, 0.2) is 28.7 Å². The van der Waals surface area contributed by atoms with Gasteiger partial charge in [-0.25, -0.2) is 4.98 Å². The summed E-state index contributed by atoms with van der Waals surface area (Å²) in [5.41, 5.74) is 1.91. The normalized spacial score (nSPS) is 10.3. The Morgan fingerprint density at radius 3 is 2.82 bits per heavy atom. The maximum atomic E-state index is 5.18. The van der Waals surface area contributed by atoms with E-state index in [1.807, 2.05) is 31.2 Å². The van der Waals surface area contributed by atoms with Crippen LogP contribution in [0.5, 0.6) is 5.75 Å². The summed E-state index contributed by atoms with van der Waals surface area (Å²) in [7, 11) is 1.64. The van der Waals surface area contributed by atoms with Crippen LogP contribution >= 0.6 is 28.1 Å². The molecule has 0 atom stereocenters. The van der Waals surface area contributed by atoms with Crippen molar-refractivity contribution in [1.82, 2.24) is 9.97 Å². The van der Waals surface area contributed by atoms with Crippen molar-refractivity contribution in [2.45, 2.75) is 6.92 Å². The summed E-state index contributed by atoms with van der Waals surface area (Å²) in [4.78, 5) is 7.54. The average molecular weight is 311 g/mol. The van der Waals surface area contributed by atoms with Gasteiger partial charge < -0.3 is 9.72 Å². The van der Waals surface area contributed by atoms with Gasteiger partial charge in [0.1, 0.15) is 16.2 Å². The lowest BCUT2D eigenvalue weighted by molar-refractivity contribution is 0.415. The first-order chi connectivity index (χ1) is 8.11. The van der Waals surface area contributed by atoms with Crippen LogP contribution in [0.25, 0.3) is 11.4 Å². The number of aryl methyl sites for hydroxylation is 1. The standard InChI is InChI=1S/C12H11BrN2OS/c1-7-10(13)12(17)15-11(14-7)8-4-3-5-9(6-8)16-2/h3-6H,1-2H3,(H,14,15,17). The van der Waals surface area contributed by atoms with Gasteiger partial charge in [-0.1, -0.05) is 24.4 Å². The van der Waals surface area contributed by atoms with Gasteiger partial charge in [0, 0.05) is 11.3 Å². The Bertz CT molecular complexity index is 610. The summed E-state index contributed by atoms with van der Waals surface area (Å²) < 4.78 is 6.57. The van der Waals surface area contributed by atoms with E-state index in [0.717, 1.165) is 27.3 Å².